The molecule has 3 unspecified atom stereocenters. The van der Waals surface area contributed by atoms with Crippen LogP contribution >= 0.6 is 15.9 Å². The van der Waals surface area contributed by atoms with Crippen molar-refractivity contribution in [3.8, 4) is 0 Å². The number of amides is 2. The first kappa shape index (κ1) is 22.2. The van der Waals surface area contributed by atoms with Gasteiger partial charge in [-0.2, -0.15) is 9.61 Å². The second-order valence-corrected chi connectivity index (χ2v) is 13.8. The van der Waals surface area contributed by atoms with Crippen LogP contribution in [0.1, 0.15) is 62.1 Å². The number of pyridine rings is 1. The fourth-order valence-corrected chi connectivity index (χ4v) is 10.6. The van der Waals surface area contributed by atoms with Gasteiger partial charge >= 0.3 is 6.03 Å². The van der Waals surface area contributed by atoms with Crippen LogP contribution in [0.4, 0.5) is 10.6 Å². The number of anilines is 1. The molecule has 1 saturated heterocycles. The third-order valence-corrected chi connectivity index (χ3v) is 12.1. The predicted molar refractivity (Wildman–Crippen MR) is 145 cm³/mol. The Hall–Kier alpha value is -2.68. The van der Waals surface area contributed by atoms with Crippen LogP contribution in [0.2, 0.25) is 0 Å². The molecule has 2 amide bonds. The number of hydrogen-bond acceptors (Lipinski definition) is 5. The maximum atomic E-state index is 13.6. The van der Waals surface area contributed by atoms with Crippen molar-refractivity contribution in [1.29, 1.82) is 0 Å². The highest BCUT2D eigenvalue weighted by Crippen LogP contribution is 3.02. The van der Waals surface area contributed by atoms with Crippen LogP contribution in [0.25, 0.3) is 5.65 Å². The topological polar surface area (TPSA) is 87.5 Å². The van der Waals surface area contributed by atoms with Crippen LogP contribution in [-0.2, 0) is 6.54 Å². The highest BCUT2D eigenvalue weighted by molar-refractivity contribution is 9.10. The zero-order valence-corrected chi connectivity index (χ0v) is 23.0. The first-order chi connectivity index (χ1) is 18.5. The van der Waals surface area contributed by atoms with Crippen molar-refractivity contribution in [2.75, 3.05) is 18.4 Å². The van der Waals surface area contributed by atoms with E-state index >= 15 is 0 Å². The number of rotatable bonds is 5. The van der Waals surface area contributed by atoms with Crippen LogP contribution in [-0.4, -0.2) is 49.1 Å². The van der Waals surface area contributed by atoms with E-state index in [9.17, 15) is 4.79 Å². The van der Waals surface area contributed by atoms with Crippen LogP contribution in [0.15, 0.2) is 41.3 Å². The van der Waals surface area contributed by atoms with Gasteiger partial charge in [0, 0.05) is 60.5 Å². The van der Waals surface area contributed by atoms with E-state index in [-0.39, 0.29) is 11.6 Å². The molecular weight excluding hydrogens is 542 g/mol. The molecule has 196 valence electrons. The van der Waals surface area contributed by atoms with Gasteiger partial charge in [-0.05, 0) is 90.3 Å². The minimum atomic E-state index is 0.168. The molecule has 38 heavy (non-hydrogen) atoms. The summed E-state index contributed by atoms with van der Waals surface area (Å²) in [4.78, 5) is 24.9. The number of nitrogens with zero attached hydrogens (tertiary/aromatic N) is 5. The van der Waals surface area contributed by atoms with Gasteiger partial charge in [-0.25, -0.2) is 9.78 Å². The number of fused-ring (bicyclic) bond motifs is 1. The average Bonchev–Trinajstić information content (AvgIpc) is 3.70. The molecule has 3 bridgehead atoms. The fraction of sp³-hybridized carbons (Fsp3) is 0.586. The molecule has 0 aromatic carbocycles. The van der Waals surface area contributed by atoms with E-state index in [1.807, 2.05) is 16.8 Å². The maximum Gasteiger partial charge on any atom is 0.317 e. The largest absolute Gasteiger partial charge is 0.366 e. The second-order valence-electron chi connectivity index (χ2n) is 12.9. The summed E-state index contributed by atoms with van der Waals surface area (Å²) in [5, 5.41) is 11.8. The smallest absolute Gasteiger partial charge is 0.317 e. The van der Waals surface area contributed by atoms with Gasteiger partial charge in [0.2, 0.25) is 0 Å². The van der Waals surface area contributed by atoms with E-state index in [2.05, 4.69) is 53.7 Å². The third kappa shape index (κ3) is 2.57. The van der Waals surface area contributed by atoms with Gasteiger partial charge < -0.3 is 15.5 Å². The Morgan fingerprint density at radius 1 is 1.13 bits per heavy atom. The van der Waals surface area contributed by atoms with Gasteiger partial charge in [0.05, 0.1) is 16.2 Å². The number of carbonyl (C=O) groups is 1. The quantitative estimate of drug-likeness (QED) is 0.450. The molecule has 6 atom stereocenters. The van der Waals surface area contributed by atoms with Crippen molar-refractivity contribution in [3.63, 3.8) is 0 Å². The molecule has 6 saturated carbocycles. The van der Waals surface area contributed by atoms with Gasteiger partial charge in [0.25, 0.3) is 0 Å². The SMILES string of the molecule is O=C(NC12[C@@H]3C[C@@H]4C[C@H]5CC51C2(C4)C3)N1CCC(c2cc(NCc3cccnc3)n3ncc(Br)c3n2)CC1. The number of nitrogens with one attached hydrogen (secondary N) is 2. The van der Waals surface area contributed by atoms with Crippen molar-refractivity contribution in [3.05, 3.63) is 52.5 Å². The summed E-state index contributed by atoms with van der Waals surface area (Å²) >= 11 is 3.62. The minimum Gasteiger partial charge on any atom is -0.366 e. The standard InChI is InChI=1S/C29H32BrN7O/c30-22-16-33-37-24(32-15-17-2-1-5-31-14-17)10-23(34-25(22)37)19-3-6-36(7-4-19)26(38)35-29-21-9-18-8-20-13-28(20,29)27(29,11-18)12-21/h1-2,5,10,14,16,18-21,32H,3-4,6-9,11-13,15H2,(H,35,38)/t18-,20-,21+,27?,28?,29?/m0/s1. The van der Waals surface area contributed by atoms with E-state index in [0.29, 0.717) is 23.3 Å². The molecule has 7 aliphatic rings. The van der Waals surface area contributed by atoms with Gasteiger partial charge in [-0.1, -0.05) is 6.07 Å². The van der Waals surface area contributed by atoms with E-state index < -0.39 is 0 Å². The number of halogens is 1. The minimum absolute atomic E-state index is 0.168. The number of hydrogen-bond donors (Lipinski definition) is 2. The van der Waals surface area contributed by atoms with Crippen molar-refractivity contribution >= 4 is 33.4 Å². The van der Waals surface area contributed by atoms with E-state index in [1.54, 1.807) is 12.4 Å². The molecule has 3 aromatic rings. The summed E-state index contributed by atoms with van der Waals surface area (Å²) in [6, 6.07) is 6.34. The van der Waals surface area contributed by atoms with Crippen molar-refractivity contribution in [1.82, 2.24) is 29.8 Å². The summed E-state index contributed by atoms with van der Waals surface area (Å²) < 4.78 is 2.74. The Labute approximate surface area is 230 Å². The first-order valence-corrected chi connectivity index (χ1v) is 15.1. The monoisotopic (exact) mass is 573 g/mol. The summed E-state index contributed by atoms with van der Waals surface area (Å²) in [5.74, 6) is 3.84. The lowest BCUT2D eigenvalue weighted by Gasteiger charge is -2.52. The Morgan fingerprint density at radius 2 is 2.00 bits per heavy atom. The summed E-state index contributed by atoms with van der Waals surface area (Å²) in [5.41, 5.74) is 4.16. The summed E-state index contributed by atoms with van der Waals surface area (Å²) in [6.07, 6.45) is 14.3. The molecule has 0 radical (unpaired) electrons. The second kappa shape index (κ2) is 7.29. The van der Waals surface area contributed by atoms with E-state index in [0.717, 1.165) is 70.9 Å². The zero-order chi connectivity index (χ0) is 25.3. The van der Waals surface area contributed by atoms with Gasteiger partial charge in [-0.3, -0.25) is 4.98 Å². The van der Waals surface area contributed by atoms with Crippen LogP contribution in [0, 0.1) is 28.6 Å². The molecule has 2 N–H and O–H groups in total. The third-order valence-electron chi connectivity index (χ3n) is 11.6. The van der Waals surface area contributed by atoms with Crippen molar-refractivity contribution in [2.45, 2.75) is 62.9 Å². The lowest BCUT2D eigenvalue weighted by molar-refractivity contribution is 0.00784. The molecule has 6 aliphatic carbocycles. The summed E-state index contributed by atoms with van der Waals surface area (Å²) in [6.45, 7) is 2.24. The molecule has 9 heteroatoms. The van der Waals surface area contributed by atoms with Gasteiger partial charge in [0.15, 0.2) is 5.65 Å². The number of likely N-dealkylation sites (tertiary alicyclic amines) is 1. The van der Waals surface area contributed by atoms with Crippen LogP contribution < -0.4 is 10.6 Å². The molecule has 8 nitrogen and oxygen atoms in total. The highest BCUT2D eigenvalue weighted by Gasteiger charge is 3.04. The first-order valence-electron chi connectivity index (χ1n) is 14.3. The molecule has 3 aromatic heterocycles. The number of aromatic nitrogens is 4. The average molecular weight is 575 g/mol. The van der Waals surface area contributed by atoms with Crippen LogP contribution in [0.5, 0.6) is 0 Å². The molecule has 1 aliphatic heterocycles. The lowest BCUT2D eigenvalue weighted by Crippen LogP contribution is -2.60. The Balaban J connectivity index is 0.908. The Morgan fingerprint density at radius 3 is 2.84 bits per heavy atom. The molecule has 7 fully saturated rings. The highest BCUT2D eigenvalue weighted by atomic mass is 79.9. The number of carbonyl (C=O) groups excluding carboxylic acids is 1. The fourth-order valence-electron chi connectivity index (χ4n) is 10.2. The number of urea groups is 1. The molecular formula is C29H32BrN7O. The maximum absolute atomic E-state index is 13.6. The van der Waals surface area contributed by atoms with Crippen molar-refractivity contribution in [2.24, 2.45) is 28.6 Å². The molecule has 10 rings (SSSR count). The lowest BCUT2D eigenvalue weighted by atomic mass is 9.56. The van der Waals surface area contributed by atoms with Gasteiger partial charge in [0.1, 0.15) is 5.82 Å². The van der Waals surface area contributed by atoms with Crippen molar-refractivity contribution < 1.29 is 4.79 Å². The molecule has 2 spiro atoms. The Bertz CT molecular complexity index is 1480. The van der Waals surface area contributed by atoms with E-state index in [1.165, 1.54) is 32.1 Å². The Kier molecular flexibility index (Phi) is 4.25. The normalized spacial score (nSPS) is 37.8. The summed E-state index contributed by atoms with van der Waals surface area (Å²) in [7, 11) is 0. The molecule has 4 heterocycles. The zero-order valence-electron chi connectivity index (χ0n) is 21.4. The predicted octanol–water partition coefficient (Wildman–Crippen LogP) is 4.97. The van der Waals surface area contributed by atoms with Gasteiger partial charge in [-0.15, -0.1) is 0 Å². The van der Waals surface area contributed by atoms with E-state index in [4.69, 9.17) is 4.98 Å². The number of piperidine rings is 1. The van der Waals surface area contributed by atoms with Crippen LogP contribution in [0.3, 0.4) is 0 Å².